The van der Waals surface area contributed by atoms with Gasteiger partial charge in [0.1, 0.15) is 0 Å². The molecule has 0 aliphatic carbocycles. The van der Waals surface area contributed by atoms with Crippen LogP contribution in [-0.4, -0.2) is 0 Å². The predicted octanol–water partition coefficient (Wildman–Crippen LogP) is 13.6. The topological polar surface area (TPSA) is 3.24 Å². The Morgan fingerprint density at radius 2 is 0.980 bits per heavy atom. The van der Waals surface area contributed by atoms with Crippen LogP contribution in [0.4, 0.5) is 17.1 Å². The molecule has 0 saturated carbocycles. The lowest BCUT2D eigenvalue weighted by Crippen LogP contribution is -2.10. The molecule has 49 heavy (non-hydrogen) atoms. The summed E-state index contributed by atoms with van der Waals surface area (Å²) in [5.41, 5.74) is 3.25. The van der Waals surface area contributed by atoms with Crippen LogP contribution in [0.2, 0.25) is 0 Å². The molecule has 9 rings (SSSR count). The summed E-state index contributed by atoms with van der Waals surface area (Å²) in [7, 11) is 0. The van der Waals surface area contributed by atoms with Crippen LogP contribution >= 0.6 is 0 Å². The summed E-state index contributed by atoms with van der Waals surface area (Å²) in [5.74, 6) is 0. The summed E-state index contributed by atoms with van der Waals surface area (Å²) < 4.78 is 75.5. The Morgan fingerprint density at radius 3 is 1.78 bits per heavy atom. The molecule has 0 amide bonds. The average Bonchev–Trinajstić information content (AvgIpc) is 3.25. The van der Waals surface area contributed by atoms with Crippen molar-refractivity contribution < 1.29 is 11.0 Å². The molecular weight excluding hydrogens is 591 g/mol. The van der Waals surface area contributed by atoms with E-state index < -0.39 is 12.1 Å². The molecule has 0 spiro atoms. The summed E-state index contributed by atoms with van der Waals surface area (Å²) in [4.78, 5) is 1.40. The molecule has 0 radical (unpaired) electrons. The molecule has 0 heterocycles. The summed E-state index contributed by atoms with van der Waals surface area (Å²) >= 11 is 0. The van der Waals surface area contributed by atoms with Gasteiger partial charge in [-0.25, -0.2) is 0 Å². The van der Waals surface area contributed by atoms with Crippen LogP contribution in [0.25, 0.3) is 65.7 Å². The summed E-state index contributed by atoms with van der Waals surface area (Å²) in [5, 5.41) is 5.24. The number of hydrogen-bond acceptors (Lipinski definition) is 1. The van der Waals surface area contributed by atoms with Gasteiger partial charge in [0, 0.05) is 17.1 Å². The van der Waals surface area contributed by atoms with E-state index in [0.717, 1.165) is 43.4 Å². The van der Waals surface area contributed by atoms with Crippen LogP contribution in [0, 0.1) is 0 Å². The maximum absolute atomic E-state index is 9.75. The van der Waals surface area contributed by atoms with Gasteiger partial charge in [0.05, 0.1) is 11.0 Å². The lowest BCUT2D eigenvalue weighted by atomic mass is 9.93. The highest BCUT2D eigenvalue weighted by Gasteiger charge is 2.16. The molecule has 0 aromatic heterocycles. The number of hydrogen-bond donors (Lipinski definition) is 0. The maximum atomic E-state index is 9.75. The third kappa shape index (κ3) is 5.32. The number of benzene rings is 9. The average molecular weight is 632 g/mol. The van der Waals surface area contributed by atoms with Crippen molar-refractivity contribution in [2.24, 2.45) is 0 Å². The van der Waals surface area contributed by atoms with Gasteiger partial charge in [0.25, 0.3) is 0 Å². The van der Waals surface area contributed by atoms with Gasteiger partial charge in [-0.1, -0.05) is 158 Å². The highest BCUT2D eigenvalue weighted by Crippen LogP contribution is 2.41. The Kier molecular flexibility index (Phi) is 5.38. The lowest BCUT2D eigenvalue weighted by Gasteiger charge is -2.26. The van der Waals surface area contributed by atoms with Gasteiger partial charge in [-0.3, -0.25) is 0 Å². The zero-order valence-corrected chi connectivity index (χ0v) is 26.4. The first kappa shape index (κ1) is 21.4. The van der Waals surface area contributed by atoms with Crippen LogP contribution in [-0.2, 0) is 0 Å². The molecule has 230 valence electrons. The minimum atomic E-state index is -0.442. The number of anilines is 3. The molecule has 1 heteroatoms. The van der Waals surface area contributed by atoms with E-state index in [1.807, 2.05) is 133 Å². The smallest absolute Gasteiger partial charge is 0.0651 e. The molecule has 9 aromatic carbocycles. The fraction of sp³-hybridized carbons (Fsp3) is 0. The van der Waals surface area contributed by atoms with Gasteiger partial charge >= 0.3 is 0 Å². The second-order valence-electron chi connectivity index (χ2n) is 11.9. The SMILES string of the molecule is [2H]c1c([2H])c(-c2cccc3ccccc23)c([2H])c(N(c2ccc(-c3ccccc3)cc2)c2c([2H])c([2H])c(-c3cc4ccccc4c4ccccc34)c([2H])c2[2H])c1[2H]. The van der Waals surface area contributed by atoms with E-state index in [4.69, 9.17) is 2.74 Å². The van der Waals surface area contributed by atoms with E-state index in [1.54, 1.807) is 18.2 Å². The standard InChI is InChI=1S/C48H33N/c1-2-12-34(13-3-1)35-24-28-40(29-25-35)49(42-18-10-17-38(32-42)44-23-11-16-36-14-4-6-19-43(36)44)41-30-26-37(27-31-41)48-33-39-15-5-7-20-45(39)46-21-8-9-22-47(46)48/h1-33H/i10D,17D,18D,26D,27D,30D,31D,32D. The Bertz CT molecular complexity index is 3020. The third-order valence-electron chi connectivity index (χ3n) is 9.00. The minimum Gasteiger partial charge on any atom is -0.310 e. The van der Waals surface area contributed by atoms with Crippen molar-refractivity contribution in [2.45, 2.75) is 0 Å². The van der Waals surface area contributed by atoms with Crippen molar-refractivity contribution in [2.75, 3.05) is 4.90 Å². The summed E-state index contributed by atoms with van der Waals surface area (Å²) in [6, 6.07) is 44.9. The zero-order chi connectivity index (χ0) is 39.5. The van der Waals surface area contributed by atoms with Gasteiger partial charge in [0.15, 0.2) is 0 Å². The van der Waals surface area contributed by atoms with Crippen LogP contribution in [0.3, 0.4) is 0 Å². The third-order valence-corrected chi connectivity index (χ3v) is 9.00. The van der Waals surface area contributed by atoms with Crippen LogP contribution < -0.4 is 4.90 Å². The number of nitrogens with zero attached hydrogens (tertiary/aromatic N) is 1. The quantitative estimate of drug-likeness (QED) is 0.165. The van der Waals surface area contributed by atoms with Crippen LogP contribution in [0.1, 0.15) is 11.0 Å². The molecule has 0 N–H and O–H groups in total. The molecule has 0 fully saturated rings. The normalized spacial score (nSPS) is 13.6. The second kappa shape index (κ2) is 12.3. The van der Waals surface area contributed by atoms with Crippen molar-refractivity contribution in [1.29, 1.82) is 0 Å². The summed E-state index contributed by atoms with van der Waals surface area (Å²) in [6.07, 6.45) is 0. The summed E-state index contributed by atoms with van der Waals surface area (Å²) in [6.45, 7) is 0. The Balaban J connectivity index is 1.34. The van der Waals surface area contributed by atoms with E-state index in [0.29, 0.717) is 16.8 Å². The predicted molar refractivity (Wildman–Crippen MR) is 210 cm³/mol. The zero-order valence-electron chi connectivity index (χ0n) is 34.4. The number of fused-ring (bicyclic) bond motifs is 4. The fourth-order valence-corrected chi connectivity index (χ4v) is 6.64. The maximum Gasteiger partial charge on any atom is 0.0651 e. The molecule has 1 nitrogen and oxygen atoms in total. The van der Waals surface area contributed by atoms with E-state index in [1.165, 1.54) is 4.90 Å². The Hall–Kier alpha value is -6.44. The minimum absolute atomic E-state index is 0.128. The first-order chi connectivity index (χ1) is 27.7. The van der Waals surface area contributed by atoms with Gasteiger partial charge in [-0.05, 0) is 108 Å². The molecule has 0 aliphatic rings. The Morgan fingerprint density at radius 1 is 0.347 bits per heavy atom. The largest absolute Gasteiger partial charge is 0.310 e. The first-order valence-electron chi connectivity index (χ1n) is 20.2. The highest BCUT2D eigenvalue weighted by molar-refractivity contribution is 6.13. The highest BCUT2D eigenvalue weighted by atomic mass is 15.1. The molecule has 0 aliphatic heterocycles. The van der Waals surface area contributed by atoms with Gasteiger partial charge in [0.2, 0.25) is 0 Å². The lowest BCUT2D eigenvalue weighted by molar-refractivity contribution is 1.28. The number of rotatable bonds is 6. The van der Waals surface area contributed by atoms with E-state index in [9.17, 15) is 8.22 Å². The van der Waals surface area contributed by atoms with Gasteiger partial charge < -0.3 is 4.90 Å². The van der Waals surface area contributed by atoms with E-state index >= 15 is 0 Å². The monoisotopic (exact) mass is 631 g/mol. The molecule has 0 atom stereocenters. The molecular formula is C48H33N. The van der Waals surface area contributed by atoms with Crippen molar-refractivity contribution >= 4 is 49.4 Å². The molecule has 0 unspecified atom stereocenters. The van der Waals surface area contributed by atoms with E-state index in [2.05, 4.69) is 0 Å². The fourth-order valence-electron chi connectivity index (χ4n) is 6.64. The van der Waals surface area contributed by atoms with Crippen LogP contribution in [0.15, 0.2) is 200 Å². The van der Waals surface area contributed by atoms with Gasteiger partial charge in [-0.2, -0.15) is 0 Å². The van der Waals surface area contributed by atoms with Gasteiger partial charge in [-0.15, -0.1) is 0 Å². The van der Waals surface area contributed by atoms with Crippen molar-refractivity contribution in [3.05, 3.63) is 200 Å². The van der Waals surface area contributed by atoms with Crippen molar-refractivity contribution in [3.8, 4) is 33.4 Å². The Labute approximate surface area is 298 Å². The molecule has 0 saturated heterocycles. The molecule has 0 bridgehead atoms. The van der Waals surface area contributed by atoms with Crippen molar-refractivity contribution in [1.82, 2.24) is 0 Å². The van der Waals surface area contributed by atoms with Crippen LogP contribution in [0.5, 0.6) is 0 Å². The van der Waals surface area contributed by atoms with Crippen molar-refractivity contribution in [3.63, 3.8) is 0 Å². The van der Waals surface area contributed by atoms with E-state index in [-0.39, 0.29) is 58.8 Å². The second-order valence-corrected chi connectivity index (χ2v) is 11.9. The molecule has 9 aromatic rings. The first-order valence-corrected chi connectivity index (χ1v) is 16.2.